The number of allylic oxidation sites excluding steroid dienone is 2. The second kappa shape index (κ2) is 8.82. The molecule has 1 atom stereocenters. The van der Waals surface area contributed by atoms with Crippen molar-refractivity contribution in [3.63, 3.8) is 0 Å². The summed E-state index contributed by atoms with van der Waals surface area (Å²) in [6, 6.07) is 5.26. The van der Waals surface area contributed by atoms with Crippen molar-refractivity contribution >= 4 is 22.4 Å². The highest BCUT2D eigenvalue weighted by Crippen LogP contribution is 2.41. The van der Waals surface area contributed by atoms with Crippen molar-refractivity contribution in [3.8, 4) is 5.75 Å². The fourth-order valence-electron chi connectivity index (χ4n) is 3.45. The second-order valence-corrected chi connectivity index (χ2v) is 6.96. The molecule has 29 heavy (non-hydrogen) atoms. The Morgan fingerprint density at radius 3 is 2.69 bits per heavy atom. The number of amides is 1. The molecule has 0 aliphatic heterocycles. The number of halogens is 3. The van der Waals surface area contributed by atoms with Crippen molar-refractivity contribution in [2.75, 3.05) is 27.4 Å². The molecule has 0 bridgehead atoms. The number of carbonyl (C=O) groups is 1. The van der Waals surface area contributed by atoms with Crippen LogP contribution >= 0.6 is 0 Å². The zero-order chi connectivity index (χ0) is 21.0. The van der Waals surface area contributed by atoms with E-state index in [1.165, 1.54) is 13.3 Å². The fraction of sp³-hybridized carbons (Fsp3) is 0.429. The summed E-state index contributed by atoms with van der Waals surface area (Å²) in [5.41, 5.74) is 2.59. The smallest absolute Gasteiger partial charge is 0.392 e. The Bertz CT molecular complexity index is 925. The number of aromatic nitrogens is 1. The van der Waals surface area contributed by atoms with Gasteiger partial charge in [-0.2, -0.15) is 13.2 Å². The van der Waals surface area contributed by atoms with Gasteiger partial charge in [0.05, 0.1) is 30.7 Å². The van der Waals surface area contributed by atoms with Crippen LogP contribution in [-0.4, -0.2) is 44.4 Å². The van der Waals surface area contributed by atoms with Gasteiger partial charge in [-0.15, -0.1) is 0 Å². The molecule has 2 aromatic rings. The second-order valence-electron chi connectivity index (χ2n) is 6.96. The summed E-state index contributed by atoms with van der Waals surface area (Å²) < 4.78 is 49.2. The lowest BCUT2D eigenvalue weighted by molar-refractivity contribution is -0.175. The van der Waals surface area contributed by atoms with Crippen molar-refractivity contribution in [1.82, 2.24) is 10.3 Å². The number of hydrogen-bond donors (Lipinski definition) is 1. The average molecular weight is 408 g/mol. The van der Waals surface area contributed by atoms with Crippen LogP contribution in [0.15, 0.2) is 30.5 Å². The number of ether oxygens (including phenoxy) is 2. The lowest BCUT2D eigenvalue weighted by Gasteiger charge is -2.24. The van der Waals surface area contributed by atoms with Crippen LogP contribution in [0.3, 0.4) is 0 Å². The van der Waals surface area contributed by atoms with Gasteiger partial charge < -0.3 is 14.8 Å². The van der Waals surface area contributed by atoms with Gasteiger partial charge in [0, 0.05) is 30.8 Å². The van der Waals surface area contributed by atoms with Gasteiger partial charge in [0.15, 0.2) is 0 Å². The summed E-state index contributed by atoms with van der Waals surface area (Å²) in [6.45, 7) is 0.780. The Kier molecular flexibility index (Phi) is 6.42. The highest BCUT2D eigenvalue weighted by atomic mass is 19.4. The zero-order valence-electron chi connectivity index (χ0n) is 16.3. The van der Waals surface area contributed by atoms with Gasteiger partial charge in [-0.05, 0) is 43.0 Å². The molecule has 5 nitrogen and oxygen atoms in total. The standard InChI is InChI=1S/C21H23F3N2O3/c1-28-8-7-25-20(27)15-9-14-10-17(29-2)11-18(19(14)26-12-15)13-3-5-16(6-4-13)21(22,23)24/h3,9-12,16H,4-8H2,1-2H3,(H,25,27). The van der Waals surface area contributed by atoms with E-state index in [1.807, 2.05) is 0 Å². The minimum absolute atomic E-state index is 0.0441. The number of pyridine rings is 1. The molecule has 8 heteroatoms. The molecule has 0 radical (unpaired) electrons. The number of fused-ring (bicyclic) bond motifs is 1. The Morgan fingerprint density at radius 1 is 1.28 bits per heavy atom. The number of rotatable bonds is 6. The highest BCUT2D eigenvalue weighted by molar-refractivity contribution is 5.99. The lowest BCUT2D eigenvalue weighted by Crippen LogP contribution is -2.27. The van der Waals surface area contributed by atoms with Crippen LogP contribution in [0.5, 0.6) is 5.75 Å². The van der Waals surface area contributed by atoms with Crippen LogP contribution in [0.25, 0.3) is 16.5 Å². The first kappa shape index (κ1) is 21.1. The minimum Gasteiger partial charge on any atom is -0.497 e. The van der Waals surface area contributed by atoms with E-state index in [0.29, 0.717) is 41.8 Å². The van der Waals surface area contributed by atoms with Crippen LogP contribution in [0.2, 0.25) is 0 Å². The van der Waals surface area contributed by atoms with Crippen molar-refractivity contribution in [1.29, 1.82) is 0 Å². The Morgan fingerprint density at radius 2 is 2.07 bits per heavy atom. The fourth-order valence-corrected chi connectivity index (χ4v) is 3.45. The molecule has 1 aliphatic rings. The van der Waals surface area contributed by atoms with Crippen molar-refractivity contribution in [2.24, 2.45) is 5.92 Å². The van der Waals surface area contributed by atoms with Crippen LogP contribution in [0.4, 0.5) is 13.2 Å². The third kappa shape index (κ3) is 4.87. The van der Waals surface area contributed by atoms with Crippen molar-refractivity contribution in [2.45, 2.75) is 25.4 Å². The van der Waals surface area contributed by atoms with E-state index in [1.54, 1.807) is 31.4 Å². The van der Waals surface area contributed by atoms with Crippen LogP contribution in [0, 0.1) is 5.92 Å². The van der Waals surface area contributed by atoms with Gasteiger partial charge in [0.25, 0.3) is 5.91 Å². The summed E-state index contributed by atoms with van der Waals surface area (Å²) in [4.78, 5) is 16.7. The molecule has 1 aliphatic carbocycles. The van der Waals surface area contributed by atoms with Gasteiger partial charge >= 0.3 is 6.18 Å². The molecule has 156 valence electrons. The SMILES string of the molecule is COCCNC(=O)c1cnc2c(C3=CCC(C(F)(F)F)CC3)cc(OC)cc2c1. The highest BCUT2D eigenvalue weighted by Gasteiger charge is 2.39. The number of nitrogens with one attached hydrogen (secondary N) is 1. The molecule has 0 fully saturated rings. The number of methoxy groups -OCH3 is 2. The maximum absolute atomic E-state index is 13.0. The average Bonchev–Trinajstić information content (AvgIpc) is 2.72. The Balaban J connectivity index is 1.94. The van der Waals surface area contributed by atoms with Gasteiger partial charge in [-0.1, -0.05) is 6.08 Å². The third-order valence-electron chi connectivity index (χ3n) is 5.07. The van der Waals surface area contributed by atoms with E-state index in [-0.39, 0.29) is 18.7 Å². The van der Waals surface area contributed by atoms with Crippen molar-refractivity contribution in [3.05, 3.63) is 41.6 Å². The van der Waals surface area contributed by atoms with Gasteiger partial charge in [0.1, 0.15) is 5.75 Å². The molecule has 0 saturated heterocycles. The van der Waals surface area contributed by atoms with Crippen LogP contribution in [-0.2, 0) is 4.74 Å². The molecule has 1 aromatic heterocycles. The molecule has 0 spiro atoms. The van der Waals surface area contributed by atoms with E-state index in [4.69, 9.17) is 9.47 Å². The first-order chi connectivity index (χ1) is 13.8. The number of alkyl halides is 3. The monoisotopic (exact) mass is 408 g/mol. The first-order valence-corrected chi connectivity index (χ1v) is 9.34. The Hall–Kier alpha value is -2.61. The first-order valence-electron chi connectivity index (χ1n) is 9.34. The molecule has 1 amide bonds. The summed E-state index contributed by atoms with van der Waals surface area (Å²) >= 11 is 0. The number of hydrogen-bond acceptors (Lipinski definition) is 4. The summed E-state index contributed by atoms with van der Waals surface area (Å²) in [5.74, 6) is -1.02. The predicted octanol–water partition coefficient (Wildman–Crippen LogP) is 4.37. The van der Waals surface area contributed by atoms with E-state index in [9.17, 15) is 18.0 Å². The third-order valence-corrected chi connectivity index (χ3v) is 5.07. The topological polar surface area (TPSA) is 60.5 Å². The number of nitrogens with zero attached hydrogens (tertiary/aromatic N) is 1. The molecule has 1 N–H and O–H groups in total. The summed E-state index contributed by atoms with van der Waals surface area (Å²) in [6.07, 6.45) is -0.744. The molecule has 0 saturated carbocycles. The minimum atomic E-state index is -4.18. The van der Waals surface area contributed by atoms with Crippen LogP contribution < -0.4 is 10.1 Å². The molecule has 3 rings (SSSR count). The van der Waals surface area contributed by atoms with E-state index >= 15 is 0 Å². The van der Waals surface area contributed by atoms with Gasteiger partial charge in [-0.25, -0.2) is 0 Å². The van der Waals surface area contributed by atoms with Gasteiger partial charge in [-0.3, -0.25) is 9.78 Å². The molecule has 1 unspecified atom stereocenters. The molecule has 1 aromatic carbocycles. The molecular formula is C21H23F3N2O3. The zero-order valence-corrected chi connectivity index (χ0v) is 16.3. The molecule has 1 heterocycles. The summed E-state index contributed by atoms with van der Waals surface area (Å²) in [7, 11) is 3.07. The maximum atomic E-state index is 13.0. The largest absolute Gasteiger partial charge is 0.497 e. The quantitative estimate of drug-likeness (QED) is 0.722. The lowest BCUT2D eigenvalue weighted by atomic mass is 9.85. The number of carbonyl (C=O) groups excluding carboxylic acids is 1. The van der Waals surface area contributed by atoms with Crippen molar-refractivity contribution < 1.29 is 27.4 Å². The van der Waals surface area contributed by atoms with E-state index < -0.39 is 12.1 Å². The summed E-state index contributed by atoms with van der Waals surface area (Å²) in [5, 5.41) is 3.43. The van der Waals surface area contributed by atoms with Crippen LogP contribution in [0.1, 0.15) is 35.2 Å². The Labute approximate surface area is 166 Å². The predicted molar refractivity (Wildman–Crippen MR) is 104 cm³/mol. The van der Waals surface area contributed by atoms with Gasteiger partial charge in [0.2, 0.25) is 0 Å². The number of benzene rings is 1. The van der Waals surface area contributed by atoms with E-state index in [2.05, 4.69) is 10.3 Å². The maximum Gasteiger partial charge on any atom is 0.392 e. The normalized spacial score (nSPS) is 17.1. The van der Waals surface area contributed by atoms with E-state index in [0.717, 1.165) is 11.1 Å². The molecular weight excluding hydrogens is 385 g/mol.